The number of nitrogens with one attached hydrogen (secondary N) is 1. The number of hydrogen-bond donors (Lipinski definition) is 1. The zero-order valence-electron chi connectivity index (χ0n) is 13.6. The molecule has 2 aromatic heterocycles. The average Bonchev–Trinajstić information content (AvgIpc) is 2.97. The van der Waals surface area contributed by atoms with E-state index in [9.17, 15) is 0 Å². The lowest BCUT2D eigenvalue weighted by Crippen LogP contribution is -2.31. The third kappa shape index (κ3) is 3.80. The number of aromatic nitrogens is 3. The number of thiazole rings is 1. The summed E-state index contributed by atoms with van der Waals surface area (Å²) in [6.07, 6.45) is 12.0. The number of allylic oxidation sites excluding steroid dienone is 2. The zero-order chi connectivity index (χ0) is 15.9. The second-order valence-electron chi connectivity index (χ2n) is 4.93. The van der Waals surface area contributed by atoms with Crippen molar-refractivity contribution in [3.05, 3.63) is 39.1 Å². The van der Waals surface area contributed by atoms with E-state index >= 15 is 0 Å². The Bertz CT molecular complexity index is 774. The van der Waals surface area contributed by atoms with Gasteiger partial charge in [-0.2, -0.15) is 0 Å². The standard InChI is InChI=1S/C17H22N4S/c1-5-7-8-15-14(16(18-4)21-11-20-15)9-13(6-2)17-19-10-12(3)22-17/h6,8-11H,5,7H2,1-4H3,(H,18,20,21)/b13-6+,14-9+,15-8-. The first-order valence-electron chi connectivity index (χ1n) is 7.49. The molecule has 0 bridgehead atoms. The van der Waals surface area contributed by atoms with Crippen molar-refractivity contribution in [3.8, 4) is 0 Å². The van der Waals surface area contributed by atoms with E-state index in [2.05, 4.69) is 52.3 Å². The molecule has 0 aromatic carbocycles. The third-order valence-corrected chi connectivity index (χ3v) is 4.22. The highest BCUT2D eigenvalue weighted by molar-refractivity contribution is 7.12. The summed E-state index contributed by atoms with van der Waals surface area (Å²) in [5.41, 5.74) is 1.09. The Hall–Kier alpha value is -2.01. The molecule has 0 aliphatic carbocycles. The Labute approximate surface area is 135 Å². The van der Waals surface area contributed by atoms with Crippen LogP contribution in [0.4, 0.5) is 5.82 Å². The predicted octanol–water partition coefficient (Wildman–Crippen LogP) is 2.75. The number of aryl methyl sites for hydroxylation is 1. The molecule has 2 heterocycles. The van der Waals surface area contributed by atoms with Gasteiger partial charge in [-0.25, -0.2) is 15.0 Å². The summed E-state index contributed by atoms with van der Waals surface area (Å²) in [4.78, 5) is 14.4. The first-order chi connectivity index (χ1) is 10.7. The van der Waals surface area contributed by atoms with Gasteiger partial charge >= 0.3 is 0 Å². The Morgan fingerprint density at radius 3 is 2.73 bits per heavy atom. The molecule has 0 fully saturated rings. The van der Waals surface area contributed by atoms with Gasteiger partial charge < -0.3 is 5.32 Å². The minimum atomic E-state index is 0.838. The summed E-state index contributed by atoms with van der Waals surface area (Å²) in [6, 6.07) is 0. The Kier molecular flexibility index (Phi) is 5.83. The lowest BCUT2D eigenvalue weighted by molar-refractivity contribution is 0.980. The zero-order valence-corrected chi connectivity index (χ0v) is 14.4. The van der Waals surface area contributed by atoms with Crippen LogP contribution < -0.4 is 15.9 Å². The van der Waals surface area contributed by atoms with Crippen LogP contribution in [0.3, 0.4) is 0 Å². The fourth-order valence-corrected chi connectivity index (χ4v) is 2.92. The SMILES string of the molecule is C\C=C(/C=c1/c(NC)ncn/c1=C\CCC)c1ncc(C)s1. The van der Waals surface area contributed by atoms with Crippen LogP contribution in [-0.2, 0) is 0 Å². The lowest BCUT2D eigenvalue weighted by Gasteiger charge is -2.02. The number of hydrogen-bond acceptors (Lipinski definition) is 5. The van der Waals surface area contributed by atoms with Crippen LogP contribution in [0.25, 0.3) is 17.7 Å². The van der Waals surface area contributed by atoms with Gasteiger partial charge in [-0.3, -0.25) is 0 Å². The predicted molar refractivity (Wildman–Crippen MR) is 95.2 cm³/mol. The minimum absolute atomic E-state index is 0.838. The maximum Gasteiger partial charge on any atom is 0.137 e. The van der Waals surface area contributed by atoms with Crippen LogP contribution in [0.2, 0.25) is 0 Å². The molecule has 0 unspecified atom stereocenters. The minimum Gasteiger partial charge on any atom is -0.373 e. The molecule has 0 atom stereocenters. The molecule has 1 N–H and O–H groups in total. The molecule has 4 nitrogen and oxygen atoms in total. The summed E-state index contributed by atoms with van der Waals surface area (Å²) >= 11 is 1.69. The first kappa shape index (κ1) is 16.4. The molecule has 2 aromatic rings. The van der Waals surface area contributed by atoms with Crippen molar-refractivity contribution >= 4 is 34.9 Å². The van der Waals surface area contributed by atoms with Gasteiger partial charge in [-0.1, -0.05) is 25.5 Å². The quantitative estimate of drug-likeness (QED) is 0.922. The van der Waals surface area contributed by atoms with Gasteiger partial charge in [0.05, 0.1) is 5.35 Å². The van der Waals surface area contributed by atoms with Gasteiger partial charge in [0.15, 0.2) is 0 Å². The second kappa shape index (κ2) is 7.84. The highest BCUT2D eigenvalue weighted by atomic mass is 32.1. The van der Waals surface area contributed by atoms with Crippen molar-refractivity contribution in [2.24, 2.45) is 0 Å². The summed E-state index contributed by atoms with van der Waals surface area (Å²) in [6.45, 7) is 6.26. The topological polar surface area (TPSA) is 50.7 Å². The van der Waals surface area contributed by atoms with E-state index in [1.54, 1.807) is 17.7 Å². The molecule has 5 heteroatoms. The smallest absolute Gasteiger partial charge is 0.137 e. The van der Waals surface area contributed by atoms with Gasteiger partial charge in [0, 0.05) is 28.9 Å². The summed E-state index contributed by atoms with van der Waals surface area (Å²) in [7, 11) is 1.88. The van der Waals surface area contributed by atoms with E-state index in [1.807, 2.05) is 20.2 Å². The Morgan fingerprint density at radius 2 is 2.14 bits per heavy atom. The van der Waals surface area contributed by atoms with Crippen molar-refractivity contribution in [2.45, 2.75) is 33.6 Å². The maximum absolute atomic E-state index is 4.48. The monoisotopic (exact) mass is 314 g/mol. The summed E-state index contributed by atoms with van der Waals surface area (Å²) in [5.74, 6) is 0.838. The number of unbranched alkanes of at least 4 members (excludes halogenated alkanes) is 1. The van der Waals surface area contributed by atoms with Crippen LogP contribution >= 0.6 is 11.3 Å². The normalized spacial score (nSPS) is 13.7. The van der Waals surface area contributed by atoms with Crippen LogP contribution in [-0.4, -0.2) is 22.0 Å². The van der Waals surface area contributed by atoms with Crippen LogP contribution in [0.15, 0.2) is 18.6 Å². The molecule has 116 valence electrons. The second-order valence-corrected chi connectivity index (χ2v) is 6.16. The van der Waals surface area contributed by atoms with Gasteiger partial charge in [-0.05, 0) is 26.3 Å². The van der Waals surface area contributed by atoms with Crippen LogP contribution in [0, 0.1) is 6.92 Å². The van der Waals surface area contributed by atoms with Crippen molar-refractivity contribution in [3.63, 3.8) is 0 Å². The van der Waals surface area contributed by atoms with Gasteiger partial charge in [0.2, 0.25) is 0 Å². The molecule has 0 saturated heterocycles. The van der Waals surface area contributed by atoms with E-state index in [0.717, 1.165) is 39.8 Å². The van der Waals surface area contributed by atoms with Gasteiger partial charge in [0.25, 0.3) is 0 Å². The van der Waals surface area contributed by atoms with Crippen molar-refractivity contribution < 1.29 is 0 Å². The fraction of sp³-hybridized carbons (Fsp3) is 0.353. The third-order valence-electron chi connectivity index (χ3n) is 3.26. The van der Waals surface area contributed by atoms with Crippen LogP contribution in [0.5, 0.6) is 0 Å². The van der Waals surface area contributed by atoms with E-state index in [-0.39, 0.29) is 0 Å². The molecule has 22 heavy (non-hydrogen) atoms. The van der Waals surface area contributed by atoms with Gasteiger partial charge in [-0.15, -0.1) is 11.3 Å². The van der Waals surface area contributed by atoms with Crippen molar-refractivity contribution in [1.29, 1.82) is 0 Å². The highest BCUT2D eigenvalue weighted by Gasteiger charge is 2.05. The van der Waals surface area contributed by atoms with E-state index in [0.29, 0.717) is 0 Å². The largest absolute Gasteiger partial charge is 0.373 e. The number of rotatable bonds is 5. The molecule has 0 saturated carbocycles. The Balaban J connectivity index is 2.63. The molecular weight excluding hydrogens is 292 g/mol. The van der Waals surface area contributed by atoms with E-state index < -0.39 is 0 Å². The average molecular weight is 314 g/mol. The molecule has 0 radical (unpaired) electrons. The molecule has 0 aliphatic heterocycles. The molecule has 0 spiro atoms. The Morgan fingerprint density at radius 1 is 1.32 bits per heavy atom. The van der Waals surface area contributed by atoms with Crippen molar-refractivity contribution in [1.82, 2.24) is 15.0 Å². The molecule has 0 amide bonds. The van der Waals surface area contributed by atoms with Crippen LogP contribution in [0.1, 0.15) is 36.6 Å². The molecular formula is C17H22N4S. The number of anilines is 1. The summed E-state index contributed by atoms with van der Waals surface area (Å²) < 4.78 is 0. The van der Waals surface area contributed by atoms with Gasteiger partial charge in [0.1, 0.15) is 17.2 Å². The highest BCUT2D eigenvalue weighted by Crippen LogP contribution is 2.21. The molecule has 0 aliphatic rings. The number of nitrogens with zero attached hydrogens (tertiary/aromatic N) is 3. The molecule has 2 rings (SSSR count). The van der Waals surface area contributed by atoms with Crippen molar-refractivity contribution in [2.75, 3.05) is 12.4 Å². The lowest BCUT2D eigenvalue weighted by atomic mass is 10.2. The first-order valence-corrected chi connectivity index (χ1v) is 8.31. The fourth-order valence-electron chi connectivity index (χ4n) is 2.11. The maximum atomic E-state index is 4.48. The summed E-state index contributed by atoms with van der Waals surface area (Å²) in [5, 5.41) is 6.15. The van der Waals surface area contributed by atoms with E-state index in [1.165, 1.54) is 4.88 Å². The van der Waals surface area contributed by atoms with E-state index in [4.69, 9.17) is 0 Å².